The molecule has 1 heterocycles. The van der Waals surface area contributed by atoms with Crippen LogP contribution in [0.4, 0.5) is 13.2 Å². The van der Waals surface area contributed by atoms with Gasteiger partial charge in [-0.25, -0.2) is 0 Å². The third kappa shape index (κ3) is 8.46. The maximum absolute atomic E-state index is 12.2. The molecule has 0 fully saturated rings. The molecule has 0 unspecified atom stereocenters. The highest BCUT2D eigenvalue weighted by atomic mass is 19.4. The highest BCUT2D eigenvalue weighted by Crippen LogP contribution is 2.14. The van der Waals surface area contributed by atoms with Crippen molar-refractivity contribution in [2.45, 2.75) is 12.6 Å². The van der Waals surface area contributed by atoms with Crippen LogP contribution in [0.1, 0.15) is 5.69 Å². The molecule has 0 aromatic carbocycles. The van der Waals surface area contributed by atoms with Gasteiger partial charge in [0.2, 0.25) is 0 Å². The van der Waals surface area contributed by atoms with E-state index in [1.54, 1.807) is 13.2 Å². The second kappa shape index (κ2) is 9.24. The molecular formula is C14H22F3N5. The topological polar surface area (TPSA) is 52.6 Å². The van der Waals surface area contributed by atoms with Crippen LogP contribution in [-0.2, 0) is 6.42 Å². The highest BCUT2D eigenvalue weighted by molar-refractivity contribution is 5.79. The second-order valence-corrected chi connectivity index (χ2v) is 4.85. The average molecular weight is 317 g/mol. The van der Waals surface area contributed by atoms with Crippen LogP contribution in [0.5, 0.6) is 0 Å². The van der Waals surface area contributed by atoms with E-state index in [1.165, 1.54) is 11.9 Å². The number of alkyl halides is 3. The molecule has 8 heteroatoms. The molecule has 22 heavy (non-hydrogen) atoms. The van der Waals surface area contributed by atoms with Crippen molar-refractivity contribution in [2.24, 2.45) is 4.99 Å². The van der Waals surface area contributed by atoms with Crippen molar-refractivity contribution >= 4 is 5.96 Å². The molecule has 1 aromatic rings. The SMILES string of the molecule is CN=C(NCCc1ccccn1)NCCN(C)CC(F)(F)F. The second-order valence-electron chi connectivity index (χ2n) is 4.85. The molecule has 0 saturated heterocycles. The zero-order valence-corrected chi connectivity index (χ0v) is 12.8. The fourth-order valence-corrected chi connectivity index (χ4v) is 1.83. The number of hydrogen-bond acceptors (Lipinski definition) is 3. The Morgan fingerprint density at radius 2 is 2.00 bits per heavy atom. The molecule has 0 aliphatic carbocycles. The number of nitrogens with one attached hydrogen (secondary N) is 2. The molecule has 0 aliphatic heterocycles. The summed E-state index contributed by atoms with van der Waals surface area (Å²) in [5.74, 6) is 0.566. The first-order chi connectivity index (χ1) is 10.4. The van der Waals surface area contributed by atoms with Crippen LogP contribution in [0.2, 0.25) is 0 Å². The van der Waals surface area contributed by atoms with Gasteiger partial charge in [0.15, 0.2) is 5.96 Å². The molecule has 0 radical (unpaired) electrons. The summed E-state index contributed by atoms with van der Waals surface area (Å²) in [5.41, 5.74) is 0.968. The lowest BCUT2D eigenvalue weighted by molar-refractivity contribution is -0.142. The number of hydrogen-bond donors (Lipinski definition) is 2. The molecule has 5 nitrogen and oxygen atoms in total. The van der Waals surface area contributed by atoms with Gasteiger partial charge in [-0.05, 0) is 19.2 Å². The number of likely N-dealkylation sites (N-methyl/N-ethyl adjacent to an activating group) is 1. The molecule has 0 atom stereocenters. The number of aromatic nitrogens is 1. The fraction of sp³-hybridized carbons (Fsp3) is 0.571. The van der Waals surface area contributed by atoms with E-state index in [0.717, 1.165) is 12.1 Å². The van der Waals surface area contributed by atoms with Gasteiger partial charge in [-0.3, -0.25) is 14.9 Å². The Bertz CT molecular complexity index is 448. The van der Waals surface area contributed by atoms with E-state index in [0.29, 0.717) is 19.0 Å². The van der Waals surface area contributed by atoms with E-state index in [1.807, 2.05) is 18.2 Å². The number of halogens is 3. The van der Waals surface area contributed by atoms with Crippen LogP contribution < -0.4 is 10.6 Å². The number of pyridine rings is 1. The standard InChI is InChI=1S/C14H22F3N5/c1-18-13(20-8-6-12-5-3-4-7-19-12)21-9-10-22(2)11-14(15,16)17/h3-5,7H,6,8-11H2,1-2H3,(H2,18,20,21). The summed E-state index contributed by atoms with van der Waals surface area (Å²) in [5, 5.41) is 6.08. The minimum atomic E-state index is -4.17. The van der Waals surface area contributed by atoms with Crippen LogP contribution in [0.25, 0.3) is 0 Å². The molecule has 0 spiro atoms. The van der Waals surface area contributed by atoms with E-state index in [-0.39, 0.29) is 6.54 Å². The predicted octanol–water partition coefficient (Wildman–Crippen LogP) is 1.28. The van der Waals surface area contributed by atoms with Crippen LogP contribution in [0.3, 0.4) is 0 Å². The first kappa shape index (κ1) is 18.2. The number of rotatable bonds is 7. The maximum Gasteiger partial charge on any atom is 0.401 e. The van der Waals surface area contributed by atoms with E-state index >= 15 is 0 Å². The Kier molecular flexibility index (Phi) is 7.65. The molecule has 1 rings (SSSR count). The lowest BCUT2D eigenvalue weighted by Crippen LogP contribution is -2.43. The minimum absolute atomic E-state index is 0.278. The smallest absolute Gasteiger partial charge is 0.356 e. The van der Waals surface area contributed by atoms with Crippen molar-refractivity contribution in [3.8, 4) is 0 Å². The van der Waals surface area contributed by atoms with E-state index < -0.39 is 12.7 Å². The molecular weight excluding hydrogens is 295 g/mol. The van der Waals surface area contributed by atoms with Crippen molar-refractivity contribution in [2.75, 3.05) is 40.3 Å². The van der Waals surface area contributed by atoms with Crippen LogP contribution in [0.15, 0.2) is 29.4 Å². The Labute approximate surface area is 128 Å². The van der Waals surface area contributed by atoms with Gasteiger partial charge in [0, 0.05) is 45.0 Å². The third-order valence-electron chi connectivity index (χ3n) is 2.86. The molecule has 0 saturated carbocycles. The van der Waals surface area contributed by atoms with Crippen LogP contribution >= 0.6 is 0 Å². The number of nitrogens with zero attached hydrogens (tertiary/aromatic N) is 3. The third-order valence-corrected chi connectivity index (χ3v) is 2.86. The van der Waals surface area contributed by atoms with Gasteiger partial charge >= 0.3 is 6.18 Å². The van der Waals surface area contributed by atoms with Gasteiger partial charge in [0.05, 0.1) is 6.54 Å². The predicted molar refractivity (Wildman–Crippen MR) is 80.9 cm³/mol. The van der Waals surface area contributed by atoms with E-state index in [2.05, 4.69) is 20.6 Å². The fourth-order valence-electron chi connectivity index (χ4n) is 1.83. The molecule has 2 N–H and O–H groups in total. The first-order valence-corrected chi connectivity index (χ1v) is 7.00. The Balaban J connectivity index is 2.20. The lowest BCUT2D eigenvalue weighted by Gasteiger charge is -2.19. The summed E-state index contributed by atoms with van der Waals surface area (Å²) in [4.78, 5) is 9.45. The first-order valence-electron chi connectivity index (χ1n) is 7.00. The Hall–Kier alpha value is -1.83. The largest absolute Gasteiger partial charge is 0.401 e. The zero-order valence-electron chi connectivity index (χ0n) is 12.8. The summed E-state index contributed by atoms with van der Waals surface area (Å²) in [6, 6.07) is 5.71. The molecule has 1 aromatic heterocycles. The van der Waals surface area contributed by atoms with Gasteiger partial charge in [-0.2, -0.15) is 13.2 Å². The summed E-state index contributed by atoms with van der Waals surface area (Å²) in [6.45, 7) is 0.395. The van der Waals surface area contributed by atoms with Gasteiger partial charge in [0.25, 0.3) is 0 Å². The monoisotopic (exact) mass is 317 g/mol. The molecule has 0 aliphatic rings. The molecule has 0 amide bonds. The summed E-state index contributed by atoms with van der Waals surface area (Å²) >= 11 is 0. The minimum Gasteiger partial charge on any atom is -0.356 e. The summed E-state index contributed by atoms with van der Waals surface area (Å²) in [7, 11) is 3.06. The van der Waals surface area contributed by atoms with Gasteiger partial charge < -0.3 is 10.6 Å². The summed E-state index contributed by atoms with van der Waals surface area (Å²) in [6.07, 6.45) is -1.69. The van der Waals surface area contributed by atoms with Gasteiger partial charge in [0.1, 0.15) is 0 Å². The van der Waals surface area contributed by atoms with Gasteiger partial charge in [-0.15, -0.1) is 0 Å². The highest BCUT2D eigenvalue weighted by Gasteiger charge is 2.28. The average Bonchev–Trinajstić information content (AvgIpc) is 2.45. The summed E-state index contributed by atoms with van der Waals surface area (Å²) < 4.78 is 36.5. The van der Waals surface area contributed by atoms with Crippen molar-refractivity contribution < 1.29 is 13.2 Å². The zero-order chi connectivity index (χ0) is 16.4. The number of guanidine groups is 1. The maximum atomic E-state index is 12.2. The Morgan fingerprint density at radius 3 is 2.59 bits per heavy atom. The van der Waals surface area contributed by atoms with Crippen LogP contribution in [-0.4, -0.2) is 62.3 Å². The van der Waals surface area contributed by atoms with Crippen molar-refractivity contribution in [3.05, 3.63) is 30.1 Å². The quantitative estimate of drug-likeness (QED) is 0.588. The normalized spacial score (nSPS) is 12.5. The van der Waals surface area contributed by atoms with Crippen LogP contribution in [0, 0.1) is 0 Å². The van der Waals surface area contributed by atoms with Crippen molar-refractivity contribution in [3.63, 3.8) is 0 Å². The number of aliphatic imine (C=N–C) groups is 1. The lowest BCUT2D eigenvalue weighted by atomic mass is 10.3. The van der Waals surface area contributed by atoms with Crippen molar-refractivity contribution in [1.82, 2.24) is 20.5 Å². The van der Waals surface area contributed by atoms with E-state index in [9.17, 15) is 13.2 Å². The van der Waals surface area contributed by atoms with E-state index in [4.69, 9.17) is 0 Å². The molecule has 0 bridgehead atoms. The van der Waals surface area contributed by atoms with Crippen molar-refractivity contribution in [1.29, 1.82) is 0 Å². The Morgan fingerprint density at radius 1 is 1.27 bits per heavy atom. The van der Waals surface area contributed by atoms with Gasteiger partial charge in [-0.1, -0.05) is 6.07 Å². The molecule has 124 valence electrons.